The third-order valence-corrected chi connectivity index (χ3v) is 2.19. The molecule has 0 aliphatic heterocycles. The fourth-order valence-corrected chi connectivity index (χ4v) is 0.965. The number of carbonyl (C=O) groups is 1. The molecule has 0 aliphatic carbocycles. The first-order valence-electron chi connectivity index (χ1n) is 4.68. The molecule has 0 amide bonds. The minimum atomic E-state index is -4.85. The van der Waals surface area contributed by atoms with Crippen LogP contribution < -0.4 is 5.32 Å². The van der Waals surface area contributed by atoms with Crippen LogP contribution in [0.15, 0.2) is 0 Å². The summed E-state index contributed by atoms with van der Waals surface area (Å²) < 4.78 is 37.3. The van der Waals surface area contributed by atoms with Gasteiger partial charge in [0.25, 0.3) is 0 Å². The summed E-state index contributed by atoms with van der Waals surface area (Å²) in [5.74, 6) is -1.96. The Morgan fingerprint density at radius 3 is 2.38 bits per heavy atom. The fourth-order valence-electron chi connectivity index (χ4n) is 0.965. The van der Waals surface area contributed by atoms with Crippen molar-refractivity contribution in [3.63, 3.8) is 0 Å². The highest BCUT2D eigenvalue weighted by Gasteiger charge is 2.56. The topological polar surface area (TPSA) is 73.1 Å². The standard InChI is InChI=1S/C9H13F3N2O2/c1-8(7(15)16,9(10,11)12)14-6-4-2-3-5-13/h14H,2-4,6H2,1H3,(H,15,16). The van der Waals surface area contributed by atoms with Crippen molar-refractivity contribution in [2.75, 3.05) is 6.54 Å². The zero-order chi connectivity index (χ0) is 12.8. The smallest absolute Gasteiger partial charge is 0.417 e. The predicted molar refractivity (Wildman–Crippen MR) is 49.6 cm³/mol. The van der Waals surface area contributed by atoms with Gasteiger partial charge in [-0.25, -0.2) is 4.79 Å². The number of alkyl halides is 3. The van der Waals surface area contributed by atoms with E-state index in [0.29, 0.717) is 19.8 Å². The molecule has 1 atom stereocenters. The summed E-state index contributed by atoms with van der Waals surface area (Å²) >= 11 is 0. The van der Waals surface area contributed by atoms with Crippen LogP contribution in [-0.2, 0) is 4.79 Å². The van der Waals surface area contributed by atoms with Gasteiger partial charge in [-0.15, -0.1) is 0 Å². The summed E-state index contributed by atoms with van der Waals surface area (Å²) in [6.07, 6.45) is -3.84. The molecule has 16 heavy (non-hydrogen) atoms. The third-order valence-electron chi connectivity index (χ3n) is 2.19. The number of hydrogen-bond donors (Lipinski definition) is 2. The van der Waals surface area contributed by atoms with Gasteiger partial charge in [-0.05, 0) is 26.3 Å². The molecule has 7 heteroatoms. The highest BCUT2D eigenvalue weighted by molar-refractivity contribution is 5.79. The van der Waals surface area contributed by atoms with Crippen molar-refractivity contribution in [2.24, 2.45) is 0 Å². The Balaban J connectivity index is 4.28. The molecule has 0 aromatic rings. The van der Waals surface area contributed by atoms with Crippen LogP contribution in [0.4, 0.5) is 13.2 Å². The Morgan fingerprint density at radius 2 is 2.00 bits per heavy atom. The Labute approximate surface area is 91.1 Å². The lowest BCUT2D eigenvalue weighted by atomic mass is 10.0. The van der Waals surface area contributed by atoms with Gasteiger partial charge in [0.05, 0.1) is 6.07 Å². The van der Waals surface area contributed by atoms with Crippen molar-refractivity contribution in [3.8, 4) is 6.07 Å². The monoisotopic (exact) mass is 238 g/mol. The van der Waals surface area contributed by atoms with Gasteiger partial charge in [0, 0.05) is 6.42 Å². The lowest BCUT2D eigenvalue weighted by molar-refractivity contribution is -0.205. The molecule has 0 aromatic carbocycles. The van der Waals surface area contributed by atoms with E-state index in [4.69, 9.17) is 10.4 Å². The minimum absolute atomic E-state index is 0.0933. The maximum absolute atomic E-state index is 12.4. The molecule has 0 rings (SSSR count). The van der Waals surface area contributed by atoms with Crippen LogP contribution in [0.2, 0.25) is 0 Å². The maximum atomic E-state index is 12.4. The lowest BCUT2D eigenvalue weighted by Gasteiger charge is -2.28. The van der Waals surface area contributed by atoms with E-state index in [-0.39, 0.29) is 13.0 Å². The summed E-state index contributed by atoms with van der Waals surface area (Å²) in [7, 11) is 0. The summed E-state index contributed by atoms with van der Waals surface area (Å²) in [4.78, 5) is 10.6. The van der Waals surface area contributed by atoms with Crippen molar-refractivity contribution < 1.29 is 23.1 Å². The first-order chi connectivity index (χ1) is 7.25. The van der Waals surface area contributed by atoms with Gasteiger partial charge in [-0.1, -0.05) is 0 Å². The van der Waals surface area contributed by atoms with Gasteiger partial charge in [-0.3, -0.25) is 5.32 Å². The van der Waals surface area contributed by atoms with Gasteiger partial charge in [0.2, 0.25) is 5.54 Å². The van der Waals surface area contributed by atoms with E-state index in [1.807, 2.05) is 11.4 Å². The number of nitrogens with zero attached hydrogens (tertiary/aromatic N) is 1. The molecular weight excluding hydrogens is 225 g/mol. The largest absolute Gasteiger partial charge is 0.480 e. The van der Waals surface area contributed by atoms with Crippen molar-refractivity contribution in [3.05, 3.63) is 0 Å². The molecule has 0 aromatic heterocycles. The van der Waals surface area contributed by atoms with Crippen LogP contribution in [0, 0.1) is 11.3 Å². The Kier molecular flexibility index (Phi) is 5.24. The average molecular weight is 238 g/mol. The van der Waals surface area contributed by atoms with E-state index in [0.717, 1.165) is 0 Å². The molecule has 92 valence electrons. The molecule has 2 N–H and O–H groups in total. The zero-order valence-corrected chi connectivity index (χ0v) is 8.76. The van der Waals surface area contributed by atoms with Gasteiger partial charge in [0.1, 0.15) is 0 Å². The van der Waals surface area contributed by atoms with Crippen molar-refractivity contribution in [2.45, 2.75) is 37.9 Å². The molecule has 0 aliphatic rings. The molecule has 0 radical (unpaired) electrons. The molecule has 1 unspecified atom stereocenters. The maximum Gasteiger partial charge on any atom is 0.417 e. The van der Waals surface area contributed by atoms with Gasteiger partial charge in [-0.2, -0.15) is 18.4 Å². The Hall–Kier alpha value is -1.29. The van der Waals surface area contributed by atoms with Crippen LogP contribution in [-0.4, -0.2) is 29.3 Å². The van der Waals surface area contributed by atoms with E-state index < -0.39 is 17.7 Å². The first-order valence-corrected chi connectivity index (χ1v) is 4.68. The van der Waals surface area contributed by atoms with Crippen LogP contribution in [0.1, 0.15) is 26.2 Å². The minimum Gasteiger partial charge on any atom is -0.480 e. The number of hydrogen-bond acceptors (Lipinski definition) is 3. The van der Waals surface area contributed by atoms with E-state index >= 15 is 0 Å². The summed E-state index contributed by atoms with van der Waals surface area (Å²) in [6.45, 7) is 0.490. The van der Waals surface area contributed by atoms with Gasteiger partial charge in [0.15, 0.2) is 0 Å². The molecule has 0 fully saturated rings. The summed E-state index contributed by atoms with van der Waals surface area (Å²) in [6, 6.07) is 1.85. The Bertz CT molecular complexity index is 285. The van der Waals surface area contributed by atoms with Crippen molar-refractivity contribution in [1.29, 1.82) is 5.26 Å². The number of aliphatic carboxylic acids is 1. The summed E-state index contributed by atoms with van der Waals surface area (Å²) in [5, 5.41) is 18.7. The molecule has 0 saturated carbocycles. The highest BCUT2D eigenvalue weighted by Crippen LogP contribution is 2.30. The second-order valence-corrected chi connectivity index (χ2v) is 3.47. The van der Waals surface area contributed by atoms with Crippen LogP contribution in [0.5, 0.6) is 0 Å². The highest BCUT2D eigenvalue weighted by atomic mass is 19.4. The number of unbranched alkanes of at least 4 members (excludes halogenated alkanes) is 2. The van der Waals surface area contributed by atoms with E-state index in [1.165, 1.54) is 0 Å². The van der Waals surface area contributed by atoms with E-state index in [2.05, 4.69) is 0 Å². The first kappa shape index (κ1) is 14.7. The van der Waals surface area contributed by atoms with Crippen LogP contribution in [0.3, 0.4) is 0 Å². The van der Waals surface area contributed by atoms with E-state index in [9.17, 15) is 18.0 Å². The number of rotatable bonds is 6. The Morgan fingerprint density at radius 1 is 1.44 bits per heavy atom. The molecule has 4 nitrogen and oxygen atoms in total. The number of carboxylic acid groups (broad SMARTS) is 1. The molecule has 0 spiro atoms. The van der Waals surface area contributed by atoms with Crippen LogP contribution in [0.25, 0.3) is 0 Å². The molecule has 0 bridgehead atoms. The second-order valence-electron chi connectivity index (χ2n) is 3.47. The second kappa shape index (κ2) is 5.70. The number of nitriles is 1. The molecule has 0 saturated heterocycles. The molecule has 0 heterocycles. The SMILES string of the molecule is CC(NCCCCC#N)(C(=O)O)C(F)(F)F. The van der Waals surface area contributed by atoms with Crippen LogP contribution >= 0.6 is 0 Å². The average Bonchev–Trinajstić information content (AvgIpc) is 2.15. The zero-order valence-electron chi connectivity index (χ0n) is 8.76. The number of nitrogens with one attached hydrogen (secondary N) is 1. The van der Waals surface area contributed by atoms with Crippen molar-refractivity contribution in [1.82, 2.24) is 5.32 Å². The normalized spacial score (nSPS) is 15.2. The quantitative estimate of drug-likeness (QED) is 0.690. The van der Waals surface area contributed by atoms with Gasteiger partial charge >= 0.3 is 12.1 Å². The number of halogens is 3. The predicted octanol–water partition coefficient (Wildman–Crippen LogP) is 1.68. The third kappa shape index (κ3) is 3.70. The number of carboxylic acids is 1. The van der Waals surface area contributed by atoms with E-state index in [1.54, 1.807) is 0 Å². The molecular formula is C9H13F3N2O2. The lowest BCUT2D eigenvalue weighted by Crippen LogP contribution is -2.60. The van der Waals surface area contributed by atoms with Crippen molar-refractivity contribution >= 4 is 5.97 Å². The fraction of sp³-hybridized carbons (Fsp3) is 0.778. The summed E-state index contributed by atoms with van der Waals surface area (Å²) in [5.41, 5.74) is -2.93. The van der Waals surface area contributed by atoms with Gasteiger partial charge < -0.3 is 5.11 Å².